The Labute approximate surface area is 290 Å². The van der Waals surface area contributed by atoms with Gasteiger partial charge in [-0.05, 0) is 59.7 Å². The summed E-state index contributed by atoms with van der Waals surface area (Å²) in [6.45, 7) is 1.52. The number of benzene rings is 4. The van der Waals surface area contributed by atoms with Crippen molar-refractivity contribution in [2.24, 2.45) is 0 Å². The molecule has 0 unspecified atom stereocenters. The molecule has 2 aromatic heterocycles. The van der Waals surface area contributed by atoms with Crippen molar-refractivity contribution in [1.29, 1.82) is 0 Å². The van der Waals surface area contributed by atoms with Crippen molar-refractivity contribution >= 4 is 69.2 Å². The molecule has 8 heteroatoms. The first-order valence-electron chi connectivity index (χ1n) is 14.8. The van der Waals surface area contributed by atoms with Gasteiger partial charge in [-0.1, -0.05) is 82.8 Å². The molecule has 6 aromatic rings. The van der Waals surface area contributed by atoms with Crippen LogP contribution >= 0.6 is 46.4 Å². The molecule has 0 aliphatic heterocycles. The van der Waals surface area contributed by atoms with Crippen molar-refractivity contribution in [3.8, 4) is 11.1 Å². The number of pyridine rings is 2. The second-order valence-corrected chi connectivity index (χ2v) is 13.0. The van der Waals surface area contributed by atoms with Crippen molar-refractivity contribution in [2.45, 2.75) is 13.1 Å². The molecular weight excluding hydrogens is 654 g/mol. The van der Waals surface area contributed by atoms with E-state index in [1.165, 1.54) is 22.3 Å². The fourth-order valence-electron chi connectivity index (χ4n) is 5.44. The third-order valence-corrected chi connectivity index (χ3v) is 8.78. The van der Waals surface area contributed by atoms with Gasteiger partial charge in [0.1, 0.15) is 0 Å². The van der Waals surface area contributed by atoms with Gasteiger partial charge in [0.2, 0.25) is 0 Å². The molecule has 0 saturated carbocycles. The van der Waals surface area contributed by atoms with Crippen LogP contribution in [0.25, 0.3) is 11.1 Å². The second-order valence-electron chi connectivity index (χ2n) is 11.2. The summed E-state index contributed by atoms with van der Waals surface area (Å²) in [6, 6.07) is 36.9. The number of hydrogen-bond donors (Lipinski definition) is 0. The van der Waals surface area contributed by atoms with Crippen LogP contribution in [0.2, 0.25) is 20.1 Å². The van der Waals surface area contributed by atoms with Gasteiger partial charge in [0.05, 0.1) is 11.4 Å². The van der Waals surface area contributed by atoms with Crippen LogP contribution in [0.4, 0.5) is 22.7 Å². The molecule has 0 saturated heterocycles. The Hall–Kier alpha value is -4.06. The van der Waals surface area contributed by atoms with Crippen LogP contribution < -0.4 is 18.9 Å². The monoisotopic (exact) mass is 684 g/mol. The van der Waals surface area contributed by atoms with E-state index < -0.39 is 0 Å². The normalized spacial score (nSPS) is 11.0. The summed E-state index contributed by atoms with van der Waals surface area (Å²) in [5, 5.41) is 2.46. The van der Waals surface area contributed by atoms with E-state index in [0.29, 0.717) is 20.1 Å². The molecule has 6 rings (SSSR count). The largest absolute Gasteiger partial charge is 0.344 e. The molecule has 0 radical (unpaired) electrons. The molecule has 4 nitrogen and oxygen atoms in total. The average Bonchev–Trinajstić information content (AvgIpc) is 3.04. The Kier molecular flexibility index (Phi) is 9.81. The van der Waals surface area contributed by atoms with Gasteiger partial charge in [0, 0.05) is 81.0 Å². The van der Waals surface area contributed by atoms with Gasteiger partial charge < -0.3 is 9.80 Å². The van der Waals surface area contributed by atoms with Crippen molar-refractivity contribution in [2.75, 3.05) is 23.9 Å². The third-order valence-electron chi connectivity index (χ3n) is 7.91. The summed E-state index contributed by atoms with van der Waals surface area (Å²) in [7, 11) is 4.01. The van der Waals surface area contributed by atoms with Crippen LogP contribution in [-0.4, -0.2) is 14.1 Å². The number of halogens is 4. The van der Waals surface area contributed by atoms with Crippen molar-refractivity contribution in [1.82, 2.24) is 0 Å². The number of nitrogens with zero attached hydrogens (tertiary/aromatic N) is 4. The second kappa shape index (κ2) is 14.1. The van der Waals surface area contributed by atoms with Crippen molar-refractivity contribution in [3.63, 3.8) is 0 Å². The maximum absolute atomic E-state index is 6.21. The van der Waals surface area contributed by atoms with Crippen LogP contribution in [0.15, 0.2) is 134 Å². The highest BCUT2D eigenvalue weighted by molar-refractivity contribution is 6.35. The van der Waals surface area contributed by atoms with E-state index in [4.69, 9.17) is 46.4 Å². The predicted molar refractivity (Wildman–Crippen MR) is 192 cm³/mol. The van der Waals surface area contributed by atoms with Gasteiger partial charge in [0.15, 0.2) is 37.9 Å². The molecule has 230 valence electrons. The average molecular weight is 687 g/mol. The van der Waals surface area contributed by atoms with Crippen LogP contribution in [0.3, 0.4) is 0 Å². The van der Waals surface area contributed by atoms with E-state index in [9.17, 15) is 0 Å². The first kappa shape index (κ1) is 31.9. The minimum Gasteiger partial charge on any atom is -0.344 e. The van der Waals surface area contributed by atoms with Crippen LogP contribution in [0.1, 0.15) is 11.1 Å². The summed E-state index contributed by atoms with van der Waals surface area (Å²) >= 11 is 24.9. The van der Waals surface area contributed by atoms with Gasteiger partial charge >= 0.3 is 0 Å². The standard InChI is InChI=1S/C38H32Cl4N4/c1-43(37-21-31(39)19-32(40)22-37)35-9-13-45(14-10-35)25-27-5-3-7-29(17-27)30-8-4-6-28(18-30)26-46-15-11-36(12-16-46)44(2)38-23-33(41)20-34(42)24-38/h3-24H,25-26H2,1-2H3/q+2. The van der Waals surface area contributed by atoms with E-state index in [-0.39, 0.29) is 0 Å². The van der Waals surface area contributed by atoms with Gasteiger partial charge in [0.25, 0.3) is 0 Å². The van der Waals surface area contributed by atoms with E-state index in [2.05, 4.69) is 117 Å². The third kappa shape index (κ3) is 7.83. The number of hydrogen-bond acceptors (Lipinski definition) is 2. The molecule has 2 heterocycles. The summed E-state index contributed by atoms with van der Waals surface area (Å²) < 4.78 is 4.35. The fourth-order valence-corrected chi connectivity index (χ4v) is 6.47. The molecule has 0 fully saturated rings. The smallest absolute Gasteiger partial charge is 0.173 e. The Morgan fingerprint density at radius 2 is 0.783 bits per heavy atom. The number of aromatic nitrogens is 2. The van der Waals surface area contributed by atoms with E-state index in [1.54, 1.807) is 12.1 Å². The van der Waals surface area contributed by atoms with E-state index >= 15 is 0 Å². The zero-order valence-electron chi connectivity index (χ0n) is 25.4. The number of rotatable bonds is 9. The molecule has 0 amide bonds. The first-order chi connectivity index (χ1) is 22.2. The highest BCUT2D eigenvalue weighted by Crippen LogP contribution is 2.30. The van der Waals surface area contributed by atoms with Gasteiger partial charge in [-0.25, -0.2) is 9.13 Å². The zero-order valence-corrected chi connectivity index (χ0v) is 28.4. The number of anilines is 4. The quantitative estimate of drug-likeness (QED) is 0.141. The van der Waals surface area contributed by atoms with E-state index in [0.717, 1.165) is 35.8 Å². The summed E-state index contributed by atoms with van der Waals surface area (Å²) in [5.41, 5.74) is 8.81. The molecule has 0 bridgehead atoms. The Bertz CT molecular complexity index is 1790. The SMILES string of the molecule is CN(c1cc[n+](Cc2cccc(-c3cccc(C[n+]4ccc(N(C)c5cc(Cl)cc(Cl)c5)cc4)c3)c2)cc1)c1cc(Cl)cc(Cl)c1. The zero-order chi connectivity index (χ0) is 32.2. The highest BCUT2D eigenvalue weighted by atomic mass is 35.5. The van der Waals surface area contributed by atoms with Crippen molar-refractivity contribution < 1.29 is 9.13 Å². The van der Waals surface area contributed by atoms with Crippen molar-refractivity contribution in [3.05, 3.63) is 165 Å². The lowest BCUT2D eigenvalue weighted by atomic mass is 10.0. The summed E-state index contributed by atoms with van der Waals surface area (Å²) in [6.07, 6.45) is 8.37. The predicted octanol–water partition coefficient (Wildman–Crippen LogP) is 10.2. The maximum atomic E-state index is 6.21. The molecular formula is C38H32Cl4N4+2. The topological polar surface area (TPSA) is 14.2 Å². The molecule has 0 N–H and O–H groups in total. The van der Waals surface area contributed by atoms with Crippen LogP contribution in [0.5, 0.6) is 0 Å². The lowest BCUT2D eigenvalue weighted by molar-refractivity contribution is -0.688. The van der Waals surface area contributed by atoms with Gasteiger partial charge in [-0.15, -0.1) is 0 Å². The van der Waals surface area contributed by atoms with Gasteiger partial charge in [-0.2, -0.15) is 0 Å². The lowest BCUT2D eigenvalue weighted by Crippen LogP contribution is -2.33. The Morgan fingerprint density at radius 1 is 0.435 bits per heavy atom. The minimum atomic E-state index is 0.614. The highest BCUT2D eigenvalue weighted by Gasteiger charge is 2.12. The molecule has 46 heavy (non-hydrogen) atoms. The maximum Gasteiger partial charge on any atom is 0.173 e. The Balaban J connectivity index is 1.12. The fraction of sp³-hybridized carbons (Fsp3) is 0.105. The molecule has 0 aliphatic rings. The van der Waals surface area contributed by atoms with E-state index in [1.807, 2.05) is 38.4 Å². The van der Waals surface area contributed by atoms with Gasteiger partial charge in [-0.3, -0.25) is 0 Å². The first-order valence-corrected chi connectivity index (χ1v) is 16.3. The van der Waals surface area contributed by atoms with Crippen LogP contribution in [0, 0.1) is 0 Å². The van der Waals surface area contributed by atoms with Crippen LogP contribution in [-0.2, 0) is 13.1 Å². The molecule has 4 aromatic carbocycles. The molecule has 0 atom stereocenters. The molecule has 0 aliphatic carbocycles. The Morgan fingerprint density at radius 3 is 1.13 bits per heavy atom. The summed E-state index contributed by atoms with van der Waals surface area (Å²) in [5.74, 6) is 0. The minimum absolute atomic E-state index is 0.614. The summed E-state index contributed by atoms with van der Waals surface area (Å²) in [4.78, 5) is 4.14. The lowest BCUT2D eigenvalue weighted by Gasteiger charge is -2.19. The molecule has 0 spiro atoms.